The highest BCUT2D eigenvalue weighted by Gasteiger charge is 2.28. The quantitative estimate of drug-likeness (QED) is 0.151. The van der Waals surface area contributed by atoms with Crippen LogP contribution in [0.1, 0.15) is 57.0 Å². The van der Waals surface area contributed by atoms with Crippen LogP contribution in [0.15, 0.2) is 97.2 Å². The van der Waals surface area contributed by atoms with Crippen LogP contribution in [0.5, 0.6) is 0 Å². The van der Waals surface area contributed by atoms with Gasteiger partial charge in [0.1, 0.15) is 11.3 Å². The van der Waals surface area contributed by atoms with Gasteiger partial charge in [-0.2, -0.15) is 15.3 Å². The van der Waals surface area contributed by atoms with Crippen molar-refractivity contribution in [2.24, 2.45) is 15.3 Å². The Bertz CT molecular complexity index is 1880. The summed E-state index contributed by atoms with van der Waals surface area (Å²) in [6.45, 7) is 5.88. The first kappa shape index (κ1) is 27.8. The minimum Gasteiger partial charge on any atom is -0.464 e. The Kier molecular flexibility index (Phi) is 7.70. The van der Waals surface area contributed by atoms with Crippen LogP contribution in [0.2, 0.25) is 0 Å². The third-order valence-electron chi connectivity index (χ3n) is 7.70. The first-order valence-electron chi connectivity index (χ1n) is 14.2. The number of hydrazone groups is 1. The molecule has 0 radical (unpaired) electrons. The lowest BCUT2D eigenvalue weighted by Crippen LogP contribution is -2.23. The summed E-state index contributed by atoms with van der Waals surface area (Å²) in [6, 6.07) is 20.6. The average molecular weight is 574 g/mol. The van der Waals surface area contributed by atoms with Gasteiger partial charge in [-0.05, 0) is 81.1 Å². The number of carbonyl (C=O) groups is 2. The lowest BCUT2D eigenvalue weighted by atomic mass is 9.93. The smallest absolute Gasteiger partial charge is 0.291 e. The zero-order valence-electron chi connectivity index (χ0n) is 24.2. The van der Waals surface area contributed by atoms with Crippen molar-refractivity contribution < 1.29 is 18.4 Å². The predicted molar refractivity (Wildman–Crippen MR) is 165 cm³/mol. The molecule has 0 aliphatic heterocycles. The molecule has 3 aromatic carbocycles. The molecule has 2 amide bonds. The van der Waals surface area contributed by atoms with Gasteiger partial charge in [0.25, 0.3) is 5.91 Å². The molecule has 1 aliphatic rings. The van der Waals surface area contributed by atoms with Crippen LogP contribution in [0.4, 0.5) is 17.1 Å². The third-order valence-corrected chi connectivity index (χ3v) is 7.70. The number of benzene rings is 3. The van der Waals surface area contributed by atoms with E-state index in [0.29, 0.717) is 41.3 Å². The van der Waals surface area contributed by atoms with Crippen LogP contribution in [0, 0.1) is 20.8 Å². The summed E-state index contributed by atoms with van der Waals surface area (Å²) in [6.07, 6.45) is 3.94. The lowest BCUT2D eigenvalue weighted by molar-refractivity contribution is -0.120. The van der Waals surface area contributed by atoms with Crippen molar-refractivity contribution in [1.29, 1.82) is 0 Å². The van der Waals surface area contributed by atoms with E-state index in [0.717, 1.165) is 45.3 Å². The van der Waals surface area contributed by atoms with E-state index in [1.165, 1.54) is 0 Å². The number of carbonyl (C=O) groups excluding carboxylic acids is 2. The summed E-state index contributed by atoms with van der Waals surface area (Å²) in [5.41, 5.74) is 10.7. The Balaban J connectivity index is 1.13. The Hall–Kier alpha value is -5.31. The van der Waals surface area contributed by atoms with E-state index in [4.69, 9.17) is 8.83 Å². The molecule has 0 atom stereocenters. The van der Waals surface area contributed by atoms with Crippen LogP contribution in [-0.2, 0) is 17.6 Å². The second kappa shape index (κ2) is 11.9. The van der Waals surface area contributed by atoms with Crippen molar-refractivity contribution in [3.8, 4) is 0 Å². The number of aryl methyl sites for hydroxylation is 3. The molecule has 6 rings (SSSR count). The maximum atomic E-state index is 13.2. The van der Waals surface area contributed by atoms with Gasteiger partial charge in [-0.1, -0.05) is 30.3 Å². The molecule has 5 aromatic rings. The van der Waals surface area contributed by atoms with Crippen molar-refractivity contribution in [3.05, 3.63) is 112 Å². The summed E-state index contributed by atoms with van der Waals surface area (Å²) in [4.78, 5) is 26.0. The number of anilines is 1. The molecule has 0 bridgehead atoms. The number of hydrogen-bond donors (Lipinski definition) is 2. The van der Waals surface area contributed by atoms with E-state index in [-0.39, 0.29) is 24.0 Å². The van der Waals surface area contributed by atoms with Crippen molar-refractivity contribution in [2.45, 2.75) is 46.5 Å². The SMILES string of the molecule is Cc1ccc2c(CC(=O)N/N=C3\CCCc4oc(C(=O)Nc5ccc(N=Nc6ccccc6)cc5)c(C)c43)coc2c1C. The maximum Gasteiger partial charge on any atom is 0.291 e. The third kappa shape index (κ3) is 5.88. The molecule has 0 fully saturated rings. The van der Waals surface area contributed by atoms with Crippen LogP contribution < -0.4 is 10.7 Å². The molecular weight excluding hydrogens is 542 g/mol. The van der Waals surface area contributed by atoms with Gasteiger partial charge in [0.05, 0.1) is 29.8 Å². The summed E-state index contributed by atoms with van der Waals surface area (Å²) >= 11 is 0. The van der Waals surface area contributed by atoms with Crippen LogP contribution in [0.25, 0.3) is 11.0 Å². The molecule has 9 heteroatoms. The number of nitrogens with one attached hydrogen (secondary N) is 2. The van der Waals surface area contributed by atoms with Gasteiger partial charge in [0.2, 0.25) is 5.91 Å². The first-order chi connectivity index (χ1) is 20.9. The monoisotopic (exact) mass is 573 g/mol. The van der Waals surface area contributed by atoms with Gasteiger partial charge in [0, 0.05) is 34.2 Å². The molecule has 2 heterocycles. The Morgan fingerprint density at radius 3 is 2.37 bits per heavy atom. The molecule has 0 spiro atoms. The van der Waals surface area contributed by atoms with E-state index in [9.17, 15) is 9.59 Å². The van der Waals surface area contributed by atoms with E-state index in [2.05, 4.69) is 26.1 Å². The second-order valence-corrected chi connectivity index (χ2v) is 10.7. The van der Waals surface area contributed by atoms with E-state index >= 15 is 0 Å². The zero-order chi connectivity index (χ0) is 29.9. The minimum atomic E-state index is -0.355. The van der Waals surface area contributed by atoms with E-state index in [1.54, 1.807) is 30.5 Å². The molecular formula is C34H31N5O4. The molecule has 0 unspecified atom stereocenters. The van der Waals surface area contributed by atoms with Crippen LogP contribution in [0.3, 0.4) is 0 Å². The van der Waals surface area contributed by atoms with E-state index < -0.39 is 0 Å². The summed E-state index contributed by atoms with van der Waals surface area (Å²) in [5.74, 6) is 0.331. The number of amides is 2. The molecule has 2 aromatic heterocycles. The van der Waals surface area contributed by atoms with Crippen molar-refractivity contribution in [1.82, 2.24) is 5.43 Å². The van der Waals surface area contributed by atoms with Gasteiger partial charge >= 0.3 is 0 Å². The van der Waals surface area contributed by atoms with Gasteiger partial charge in [0.15, 0.2) is 5.76 Å². The van der Waals surface area contributed by atoms with Crippen LogP contribution in [-0.4, -0.2) is 17.5 Å². The highest BCUT2D eigenvalue weighted by Crippen LogP contribution is 2.31. The number of furan rings is 2. The normalized spacial score (nSPS) is 13.9. The fourth-order valence-electron chi connectivity index (χ4n) is 5.27. The van der Waals surface area contributed by atoms with Crippen LogP contribution >= 0.6 is 0 Å². The van der Waals surface area contributed by atoms with Gasteiger partial charge in [-0.25, -0.2) is 5.43 Å². The highest BCUT2D eigenvalue weighted by molar-refractivity contribution is 6.09. The van der Waals surface area contributed by atoms with E-state index in [1.807, 2.05) is 63.2 Å². The first-order valence-corrected chi connectivity index (χ1v) is 14.2. The average Bonchev–Trinajstić information content (AvgIpc) is 3.59. The number of fused-ring (bicyclic) bond motifs is 2. The number of azo groups is 1. The van der Waals surface area contributed by atoms with Crippen molar-refractivity contribution in [2.75, 3.05) is 5.32 Å². The molecule has 1 aliphatic carbocycles. The maximum absolute atomic E-state index is 13.2. The zero-order valence-corrected chi connectivity index (χ0v) is 24.2. The molecule has 2 N–H and O–H groups in total. The van der Waals surface area contributed by atoms with Gasteiger partial charge in [-0.15, -0.1) is 0 Å². The number of nitrogens with zero attached hydrogens (tertiary/aromatic N) is 3. The molecule has 0 saturated heterocycles. The summed E-state index contributed by atoms with van der Waals surface area (Å²) in [5, 5.41) is 16.7. The van der Waals surface area contributed by atoms with Crippen molar-refractivity contribution in [3.63, 3.8) is 0 Å². The van der Waals surface area contributed by atoms with Crippen molar-refractivity contribution >= 4 is 45.6 Å². The summed E-state index contributed by atoms with van der Waals surface area (Å²) in [7, 11) is 0. The Labute approximate surface area is 248 Å². The topological polar surface area (TPSA) is 122 Å². The summed E-state index contributed by atoms with van der Waals surface area (Å²) < 4.78 is 11.8. The Morgan fingerprint density at radius 1 is 0.860 bits per heavy atom. The largest absolute Gasteiger partial charge is 0.464 e. The predicted octanol–water partition coefficient (Wildman–Crippen LogP) is 8.02. The molecule has 0 saturated carbocycles. The molecule has 216 valence electrons. The standard InChI is InChI=1S/C34H31N5O4/c1-20-12-17-27-23(19-42-32(27)21(20)2)18-30(40)39-38-28-10-7-11-29-31(28)22(3)33(43-29)34(41)35-24-13-15-26(16-14-24)37-36-25-8-5-4-6-9-25/h4-6,8-9,12-17,19H,7,10-11,18H2,1-3H3,(H,35,41)(H,39,40)/b37-36?,38-28+. The second-order valence-electron chi connectivity index (χ2n) is 10.7. The lowest BCUT2D eigenvalue weighted by Gasteiger charge is -2.13. The Morgan fingerprint density at radius 2 is 1.60 bits per heavy atom. The fraction of sp³-hybridized carbons (Fsp3) is 0.206. The minimum absolute atomic E-state index is 0.142. The highest BCUT2D eigenvalue weighted by atomic mass is 16.4. The molecule has 9 nitrogen and oxygen atoms in total. The molecule has 43 heavy (non-hydrogen) atoms. The number of hydrogen-bond acceptors (Lipinski definition) is 7. The fourth-order valence-corrected chi connectivity index (χ4v) is 5.27. The number of rotatable bonds is 7. The van der Waals surface area contributed by atoms with Gasteiger partial charge in [-0.3, -0.25) is 9.59 Å². The van der Waals surface area contributed by atoms with Gasteiger partial charge < -0.3 is 14.2 Å².